The SMILES string of the molecule is CC/C1=C/CCCCCCCCCCC1. The van der Waals surface area contributed by atoms with Gasteiger partial charge >= 0.3 is 0 Å². The molecular formula is C15H28. The number of rotatable bonds is 1. The van der Waals surface area contributed by atoms with Crippen LogP contribution in [0.2, 0.25) is 0 Å². The molecule has 0 bridgehead atoms. The molecule has 15 heavy (non-hydrogen) atoms. The summed E-state index contributed by atoms with van der Waals surface area (Å²) in [6.07, 6.45) is 19.6. The first kappa shape index (κ1) is 12.8. The minimum Gasteiger partial charge on any atom is -0.0853 e. The topological polar surface area (TPSA) is 0 Å². The van der Waals surface area contributed by atoms with Crippen LogP contribution < -0.4 is 0 Å². The highest BCUT2D eigenvalue weighted by Crippen LogP contribution is 2.18. The first-order valence-corrected chi connectivity index (χ1v) is 7.11. The molecule has 0 aromatic heterocycles. The fourth-order valence-electron chi connectivity index (χ4n) is 2.46. The van der Waals surface area contributed by atoms with E-state index in [1.165, 1.54) is 77.0 Å². The van der Waals surface area contributed by atoms with Gasteiger partial charge in [0, 0.05) is 0 Å². The summed E-state index contributed by atoms with van der Waals surface area (Å²) < 4.78 is 0. The van der Waals surface area contributed by atoms with E-state index in [0.717, 1.165) is 0 Å². The van der Waals surface area contributed by atoms with Crippen molar-refractivity contribution in [1.82, 2.24) is 0 Å². The van der Waals surface area contributed by atoms with Crippen molar-refractivity contribution in [3.05, 3.63) is 11.6 Å². The van der Waals surface area contributed by atoms with Crippen LogP contribution >= 0.6 is 0 Å². The van der Waals surface area contributed by atoms with Gasteiger partial charge in [-0.3, -0.25) is 0 Å². The maximum atomic E-state index is 2.53. The minimum absolute atomic E-state index is 1.28. The second kappa shape index (κ2) is 9.00. The van der Waals surface area contributed by atoms with Crippen LogP contribution in [0.15, 0.2) is 11.6 Å². The Hall–Kier alpha value is -0.260. The zero-order valence-electron chi connectivity index (χ0n) is 10.6. The Bertz CT molecular complexity index is 167. The van der Waals surface area contributed by atoms with Gasteiger partial charge in [-0.15, -0.1) is 0 Å². The van der Waals surface area contributed by atoms with Gasteiger partial charge in [-0.1, -0.05) is 63.5 Å². The largest absolute Gasteiger partial charge is 0.0853 e. The van der Waals surface area contributed by atoms with Gasteiger partial charge in [0.25, 0.3) is 0 Å². The molecule has 0 heterocycles. The van der Waals surface area contributed by atoms with E-state index >= 15 is 0 Å². The van der Waals surface area contributed by atoms with Crippen LogP contribution in [0, 0.1) is 0 Å². The van der Waals surface area contributed by atoms with Gasteiger partial charge in [-0.25, -0.2) is 0 Å². The molecule has 0 saturated heterocycles. The van der Waals surface area contributed by atoms with Crippen molar-refractivity contribution >= 4 is 0 Å². The average molecular weight is 208 g/mol. The third-order valence-electron chi connectivity index (χ3n) is 3.59. The van der Waals surface area contributed by atoms with Gasteiger partial charge in [-0.05, 0) is 32.1 Å². The zero-order valence-corrected chi connectivity index (χ0v) is 10.6. The molecule has 0 aromatic carbocycles. The molecular weight excluding hydrogens is 180 g/mol. The van der Waals surface area contributed by atoms with Crippen LogP contribution in [0.1, 0.15) is 84.0 Å². The highest BCUT2D eigenvalue weighted by molar-refractivity contribution is 5.00. The fraction of sp³-hybridized carbons (Fsp3) is 0.867. The molecule has 0 fully saturated rings. The van der Waals surface area contributed by atoms with E-state index in [-0.39, 0.29) is 0 Å². The summed E-state index contributed by atoms with van der Waals surface area (Å²) in [5, 5.41) is 0. The van der Waals surface area contributed by atoms with E-state index in [9.17, 15) is 0 Å². The monoisotopic (exact) mass is 208 g/mol. The van der Waals surface area contributed by atoms with Crippen LogP contribution in [0.4, 0.5) is 0 Å². The van der Waals surface area contributed by atoms with Crippen molar-refractivity contribution < 1.29 is 0 Å². The minimum atomic E-state index is 1.28. The lowest BCUT2D eigenvalue weighted by Gasteiger charge is -2.04. The molecule has 0 heteroatoms. The van der Waals surface area contributed by atoms with E-state index in [1.807, 2.05) is 0 Å². The summed E-state index contributed by atoms with van der Waals surface area (Å²) in [7, 11) is 0. The van der Waals surface area contributed by atoms with Gasteiger partial charge in [0.1, 0.15) is 0 Å². The first-order chi connectivity index (χ1) is 7.43. The Kier molecular flexibility index (Phi) is 7.69. The predicted octanol–water partition coefficient (Wildman–Crippen LogP) is 5.63. The van der Waals surface area contributed by atoms with Gasteiger partial charge in [0.15, 0.2) is 0 Å². The molecule has 0 atom stereocenters. The molecule has 1 rings (SSSR count). The van der Waals surface area contributed by atoms with Crippen molar-refractivity contribution in [2.24, 2.45) is 0 Å². The van der Waals surface area contributed by atoms with Gasteiger partial charge < -0.3 is 0 Å². The third kappa shape index (κ3) is 6.76. The lowest BCUT2D eigenvalue weighted by Crippen LogP contribution is -1.84. The number of allylic oxidation sites excluding steroid dienone is 2. The van der Waals surface area contributed by atoms with Crippen molar-refractivity contribution in [3.8, 4) is 0 Å². The van der Waals surface area contributed by atoms with E-state index in [2.05, 4.69) is 13.0 Å². The second-order valence-corrected chi connectivity index (χ2v) is 4.94. The molecule has 0 aromatic rings. The molecule has 0 radical (unpaired) electrons. The van der Waals surface area contributed by atoms with Crippen LogP contribution in [-0.2, 0) is 0 Å². The zero-order chi connectivity index (χ0) is 10.8. The maximum Gasteiger partial charge on any atom is -0.0320 e. The highest BCUT2D eigenvalue weighted by atomic mass is 14.0. The molecule has 0 spiro atoms. The predicted molar refractivity (Wildman–Crippen MR) is 69.2 cm³/mol. The molecule has 0 nitrogen and oxygen atoms in total. The normalized spacial score (nSPS) is 25.5. The lowest BCUT2D eigenvalue weighted by molar-refractivity contribution is 0.563. The standard InChI is InChI=1S/C15H28/c1-2-15-13-11-9-7-5-3-4-6-8-10-12-14-15/h13H,2-12,14H2,1H3/b15-13-. The van der Waals surface area contributed by atoms with E-state index < -0.39 is 0 Å². The van der Waals surface area contributed by atoms with Gasteiger partial charge in [0.05, 0.1) is 0 Å². The average Bonchev–Trinajstić information content (AvgIpc) is 2.29. The Labute approximate surface area is 96.2 Å². The van der Waals surface area contributed by atoms with Crippen LogP contribution in [0.25, 0.3) is 0 Å². The van der Waals surface area contributed by atoms with E-state index in [1.54, 1.807) is 5.57 Å². The molecule has 1 aliphatic rings. The third-order valence-corrected chi connectivity index (χ3v) is 3.59. The molecule has 0 aliphatic heterocycles. The molecule has 0 amide bonds. The summed E-state index contributed by atoms with van der Waals surface area (Å²) in [6, 6.07) is 0. The van der Waals surface area contributed by atoms with Crippen LogP contribution in [0.5, 0.6) is 0 Å². The summed E-state index contributed by atoms with van der Waals surface area (Å²) >= 11 is 0. The second-order valence-electron chi connectivity index (χ2n) is 4.94. The van der Waals surface area contributed by atoms with Crippen LogP contribution in [-0.4, -0.2) is 0 Å². The number of hydrogen-bond acceptors (Lipinski definition) is 0. The van der Waals surface area contributed by atoms with Crippen LogP contribution in [0.3, 0.4) is 0 Å². The molecule has 0 unspecified atom stereocenters. The smallest absolute Gasteiger partial charge is 0.0320 e. The molecule has 0 N–H and O–H groups in total. The summed E-state index contributed by atoms with van der Waals surface area (Å²) in [5.74, 6) is 0. The molecule has 0 saturated carbocycles. The summed E-state index contributed by atoms with van der Waals surface area (Å²) in [5.41, 5.74) is 1.72. The first-order valence-electron chi connectivity index (χ1n) is 7.11. The Morgan fingerprint density at radius 1 is 0.800 bits per heavy atom. The van der Waals surface area contributed by atoms with Gasteiger partial charge in [0.2, 0.25) is 0 Å². The molecule has 88 valence electrons. The van der Waals surface area contributed by atoms with E-state index in [4.69, 9.17) is 0 Å². The van der Waals surface area contributed by atoms with Crippen molar-refractivity contribution in [2.45, 2.75) is 84.0 Å². The Balaban J connectivity index is 2.28. The van der Waals surface area contributed by atoms with Crippen molar-refractivity contribution in [2.75, 3.05) is 0 Å². The number of hydrogen-bond donors (Lipinski definition) is 0. The van der Waals surface area contributed by atoms with Crippen molar-refractivity contribution in [3.63, 3.8) is 0 Å². The Morgan fingerprint density at radius 3 is 1.93 bits per heavy atom. The highest BCUT2D eigenvalue weighted by Gasteiger charge is 1.98. The lowest BCUT2D eigenvalue weighted by atomic mass is 10.0. The van der Waals surface area contributed by atoms with Crippen molar-refractivity contribution in [1.29, 1.82) is 0 Å². The quantitative estimate of drug-likeness (QED) is 0.490. The fourth-order valence-corrected chi connectivity index (χ4v) is 2.46. The molecule has 1 aliphatic carbocycles. The summed E-state index contributed by atoms with van der Waals surface area (Å²) in [6.45, 7) is 2.31. The summed E-state index contributed by atoms with van der Waals surface area (Å²) in [4.78, 5) is 0. The Morgan fingerprint density at radius 2 is 1.33 bits per heavy atom. The van der Waals surface area contributed by atoms with Gasteiger partial charge in [-0.2, -0.15) is 0 Å². The maximum absolute atomic E-state index is 2.53. The van der Waals surface area contributed by atoms with E-state index in [0.29, 0.717) is 0 Å².